The Hall–Kier alpha value is -1.35. The number of aliphatic carboxylic acids is 1. The molecule has 0 aromatic heterocycles. The van der Waals surface area contributed by atoms with E-state index in [-0.39, 0.29) is 17.3 Å². The maximum atomic E-state index is 12.0. The Morgan fingerprint density at radius 1 is 1.39 bits per heavy atom. The largest absolute Gasteiger partial charge is 0.481 e. The minimum Gasteiger partial charge on any atom is -0.481 e. The third kappa shape index (κ3) is 3.03. The number of hydrogen-bond donors (Lipinski definition) is 2. The highest BCUT2D eigenvalue weighted by atomic mass is 16.4. The minimum atomic E-state index is -0.859. The Morgan fingerprint density at radius 3 is 2.61 bits per heavy atom. The van der Waals surface area contributed by atoms with Crippen LogP contribution < -0.4 is 0 Å². The van der Waals surface area contributed by atoms with Gasteiger partial charge < -0.3 is 10.2 Å². The van der Waals surface area contributed by atoms with E-state index < -0.39 is 17.5 Å². The number of rotatable bonds is 4. The van der Waals surface area contributed by atoms with Crippen molar-refractivity contribution in [2.75, 3.05) is 0 Å². The molecular formula is C20H30O3. The summed E-state index contributed by atoms with van der Waals surface area (Å²) in [4.78, 5) is 12.0. The molecule has 0 aromatic rings. The van der Waals surface area contributed by atoms with Crippen LogP contribution in [0.15, 0.2) is 36.5 Å². The summed E-state index contributed by atoms with van der Waals surface area (Å²) in [5, 5.41) is 20.2. The molecule has 0 bridgehead atoms. The Morgan fingerprint density at radius 2 is 2.04 bits per heavy atom. The zero-order valence-electron chi connectivity index (χ0n) is 14.6. The van der Waals surface area contributed by atoms with Crippen LogP contribution in [0.25, 0.3) is 0 Å². The quantitative estimate of drug-likeness (QED) is 0.599. The fourth-order valence-electron chi connectivity index (χ4n) is 5.14. The molecule has 0 aromatic carbocycles. The van der Waals surface area contributed by atoms with E-state index in [0.717, 1.165) is 24.8 Å². The van der Waals surface area contributed by atoms with Gasteiger partial charge in [-0.05, 0) is 63.2 Å². The molecule has 0 radical (unpaired) electrons. The minimum absolute atomic E-state index is 0.0730. The molecule has 128 valence electrons. The highest BCUT2D eigenvalue weighted by Crippen LogP contribution is 2.61. The summed E-state index contributed by atoms with van der Waals surface area (Å²) in [6.07, 6.45) is 7.02. The van der Waals surface area contributed by atoms with Crippen LogP contribution in [0.5, 0.6) is 0 Å². The van der Waals surface area contributed by atoms with E-state index in [0.29, 0.717) is 12.8 Å². The number of fused-ring (bicyclic) bond motifs is 1. The van der Waals surface area contributed by atoms with Crippen LogP contribution in [-0.4, -0.2) is 22.3 Å². The van der Waals surface area contributed by atoms with E-state index in [1.54, 1.807) is 0 Å². The third-order valence-electron chi connectivity index (χ3n) is 6.43. The van der Waals surface area contributed by atoms with Gasteiger partial charge >= 0.3 is 5.97 Å². The van der Waals surface area contributed by atoms with Gasteiger partial charge in [0.15, 0.2) is 0 Å². The Balaban J connectivity index is 2.42. The van der Waals surface area contributed by atoms with Crippen LogP contribution in [0.3, 0.4) is 0 Å². The number of allylic oxidation sites excluding steroid dienone is 4. The first-order valence-corrected chi connectivity index (χ1v) is 8.53. The van der Waals surface area contributed by atoms with Crippen molar-refractivity contribution in [3.8, 4) is 0 Å². The second kappa shape index (κ2) is 6.27. The summed E-state index contributed by atoms with van der Waals surface area (Å²) in [5.74, 6) is -0.495. The molecule has 2 aliphatic rings. The molecule has 2 fully saturated rings. The van der Waals surface area contributed by atoms with Crippen LogP contribution in [0.1, 0.15) is 52.9 Å². The molecule has 0 amide bonds. The van der Waals surface area contributed by atoms with Crippen molar-refractivity contribution in [2.24, 2.45) is 22.7 Å². The van der Waals surface area contributed by atoms with Gasteiger partial charge in [-0.2, -0.15) is 0 Å². The van der Waals surface area contributed by atoms with Gasteiger partial charge in [0.05, 0.1) is 11.5 Å². The Kier molecular flexibility index (Phi) is 4.91. The van der Waals surface area contributed by atoms with Gasteiger partial charge in [-0.3, -0.25) is 4.79 Å². The zero-order chi connectivity index (χ0) is 17.4. The van der Waals surface area contributed by atoms with E-state index in [4.69, 9.17) is 0 Å². The summed E-state index contributed by atoms with van der Waals surface area (Å²) in [6.45, 7) is 14.1. The molecule has 2 rings (SSSR count). The lowest BCUT2D eigenvalue weighted by atomic mass is 9.46. The predicted octanol–water partition coefficient (Wildman–Crippen LogP) is 4.34. The lowest BCUT2D eigenvalue weighted by Gasteiger charge is -2.58. The molecular weight excluding hydrogens is 288 g/mol. The van der Waals surface area contributed by atoms with Crippen molar-refractivity contribution in [1.29, 1.82) is 0 Å². The second-order valence-corrected chi connectivity index (χ2v) is 7.98. The number of carbonyl (C=O) groups is 1. The Labute approximate surface area is 139 Å². The molecule has 5 atom stereocenters. The van der Waals surface area contributed by atoms with Gasteiger partial charge in [-0.1, -0.05) is 43.4 Å². The third-order valence-corrected chi connectivity index (χ3v) is 6.43. The van der Waals surface area contributed by atoms with E-state index in [1.165, 1.54) is 5.57 Å². The lowest BCUT2D eigenvalue weighted by molar-refractivity contribution is -0.173. The van der Waals surface area contributed by atoms with Crippen LogP contribution in [0.2, 0.25) is 0 Å². The van der Waals surface area contributed by atoms with E-state index in [9.17, 15) is 15.0 Å². The molecule has 0 saturated heterocycles. The fourth-order valence-corrected chi connectivity index (χ4v) is 5.14. The first-order chi connectivity index (χ1) is 10.6. The number of carboxylic acids is 1. The maximum absolute atomic E-state index is 12.0. The van der Waals surface area contributed by atoms with Gasteiger partial charge in [-0.15, -0.1) is 0 Å². The molecule has 0 spiro atoms. The fraction of sp³-hybridized carbons (Fsp3) is 0.650. The summed E-state index contributed by atoms with van der Waals surface area (Å²) in [7, 11) is 0. The van der Waals surface area contributed by atoms with Crippen LogP contribution in [0.4, 0.5) is 0 Å². The summed E-state index contributed by atoms with van der Waals surface area (Å²) < 4.78 is 0. The molecule has 3 nitrogen and oxygen atoms in total. The lowest BCUT2D eigenvalue weighted by Crippen LogP contribution is -2.56. The Bertz CT molecular complexity index is 547. The smallest absolute Gasteiger partial charge is 0.309 e. The van der Waals surface area contributed by atoms with Crippen LogP contribution in [-0.2, 0) is 4.79 Å². The average Bonchev–Trinajstić information content (AvgIpc) is 2.44. The summed E-state index contributed by atoms with van der Waals surface area (Å²) >= 11 is 0. The SMILES string of the molecule is C=C/C(C)=C/C[C@H]1C(=C)CC[C@@H]2[C@]1(C)C[C@@H](O)C[C@]2(C)C(=O)O. The number of carboxylic acid groups (broad SMARTS) is 1. The van der Waals surface area contributed by atoms with Crippen molar-refractivity contribution >= 4 is 5.97 Å². The van der Waals surface area contributed by atoms with Crippen molar-refractivity contribution < 1.29 is 15.0 Å². The van der Waals surface area contributed by atoms with Gasteiger partial charge in [-0.25, -0.2) is 0 Å². The second-order valence-electron chi connectivity index (χ2n) is 7.98. The normalized spacial score (nSPS) is 41.3. The first-order valence-electron chi connectivity index (χ1n) is 8.53. The van der Waals surface area contributed by atoms with Crippen molar-refractivity contribution in [3.63, 3.8) is 0 Å². The van der Waals surface area contributed by atoms with Crippen LogP contribution in [0, 0.1) is 22.7 Å². The average molecular weight is 318 g/mol. The summed E-state index contributed by atoms with van der Waals surface area (Å²) in [6, 6.07) is 0. The molecule has 23 heavy (non-hydrogen) atoms. The molecule has 3 heteroatoms. The van der Waals surface area contributed by atoms with E-state index in [2.05, 4.69) is 26.2 Å². The topological polar surface area (TPSA) is 57.5 Å². The van der Waals surface area contributed by atoms with E-state index >= 15 is 0 Å². The van der Waals surface area contributed by atoms with Gasteiger partial charge in [0.25, 0.3) is 0 Å². The van der Waals surface area contributed by atoms with Gasteiger partial charge in [0.1, 0.15) is 0 Å². The van der Waals surface area contributed by atoms with Gasteiger partial charge in [0.2, 0.25) is 0 Å². The number of aliphatic hydroxyl groups is 1. The first kappa shape index (κ1) is 18.0. The maximum Gasteiger partial charge on any atom is 0.309 e. The molecule has 2 saturated carbocycles. The zero-order valence-corrected chi connectivity index (χ0v) is 14.6. The van der Waals surface area contributed by atoms with Gasteiger partial charge in [0, 0.05) is 0 Å². The molecule has 0 unspecified atom stereocenters. The number of hydrogen-bond acceptors (Lipinski definition) is 2. The highest BCUT2D eigenvalue weighted by Gasteiger charge is 2.59. The van der Waals surface area contributed by atoms with Crippen molar-refractivity contribution in [3.05, 3.63) is 36.5 Å². The predicted molar refractivity (Wildman–Crippen MR) is 93.0 cm³/mol. The standard InChI is InChI=1S/C20H30O3/c1-6-13(2)7-9-16-14(3)8-10-17-19(16,4)11-15(21)12-20(17,5)18(22)23/h6-7,15-17,21H,1,3,8-12H2,2,4-5H3,(H,22,23)/b13-7+/t15-,16+,17-,19-,20+/m1/s1. The molecule has 2 N–H and O–H groups in total. The van der Waals surface area contributed by atoms with Crippen molar-refractivity contribution in [1.82, 2.24) is 0 Å². The summed E-state index contributed by atoms with van der Waals surface area (Å²) in [5.41, 5.74) is 1.24. The highest BCUT2D eigenvalue weighted by molar-refractivity contribution is 5.75. The monoisotopic (exact) mass is 318 g/mol. The van der Waals surface area contributed by atoms with E-state index in [1.807, 2.05) is 19.9 Å². The van der Waals surface area contributed by atoms with Crippen molar-refractivity contribution in [2.45, 2.75) is 59.0 Å². The molecule has 2 aliphatic carbocycles. The van der Waals surface area contributed by atoms with Crippen LogP contribution >= 0.6 is 0 Å². The molecule has 0 heterocycles. The number of aliphatic hydroxyl groups excluding tert-OH is 1. The molecule has 0 aliphatic heterocycles.